The number of carbonyl (C=O) groups is 1. The Hall–Kier alpha value is -0.650. The van der Waals surface area contributed by atoms with Crippen LogP contribution in [0.2, 0.25) is 0 Å². The standard InChI is InChI=1S/C25H48O5/c1-5-6-7-8-9-10-11-12-13-17-22(28-24-20-14-15-21-27-24)18-16-19-23(26)29-30-25(2,3)4/h22,24H,5-21H2,1-4H3/t22?,24-/m1/s1. The lowest BCUT2D eigenvalue weighted by atomic mass is 10.0. The minimum absolute atomic E-state index is 0.0708. The van der Waals surface area contributed by atoms with Gasteiger partial charge in [0.15, 0.2) is 6.29 Å². The molecule has 0 spiro atoms. The van der Waals surface area contributed by atoms with Gasteiger partial charge in [0.05, 0.1) is 6.10 Å². The molecule has 30 heavy (non-hydrogen) atoms. The van der Waals surface area contributed by atoms with Crippen molar-refractivity contribution in [3.05, 3.63) is 0 Å². The summed E-state index contributed by atoms with van der Waals surface area (Å²) in [5, 5.41) is 0. The van der Waals surface area contributed by atoms with Crippen LogP contribution < -0.4 is 0 Å². The first-order valence-electron chi connectivity index (χ1n) is 12.6. The van der Waals surface area contributed by atoms with Gasteiger partial charge in [-0.2, -0.15) is 4.89 Å². The van der Waals surface area contributed by atoms with Gasteiger partial charge in [-0.15, -0.1) is 0 Å². The molecule has 1 aliphatic rings. The maximum atomic E-state index is 11.9. The number of rotatable bonds is 17. The summed E-state index contributed by atoms with van der Waals surface area (Å²) in [5.41, 5.74) is -0.477. The molecule has 1 fully saturated rings. The highest BCUT2D eigenvalue weighted by Gasteiger charge is 2.20. The van der Waals surface area contributed by atoms with Crippen molar-refractivity contribution >= 4 is 5.97 Å². The van der Waals surface area contributed by atoms with Crippen molar-refractivity contribution in [3.63, 3.8) is 0 Å². The lowest BCUT2D eigenvalue weighted by molar-refractivity contribution is -0.320. The van der Waals surface area contributed by atoms with Crippen LogP contribution in [0.1, 0.15) is 130 Å². The van der Waals surface area contributed by atoms with E-state index in [1.54, 1.807) is 0 Å². The fourth-order valence-electron chi connectivity index (χ4n) is 3.68. The van der Waals surface area contributed by atoms with E-state index in [1.165, 1.54) is 64.2 Å². The quantitative estimate of drug-likeness (QED) is 0.139. The molecule has 1 saturated heterocycles. The Kier molecular flexibility index (Phi) is 15.5. The second-order valence-electron chi connectivity index (χ2n) is 9.71. The Morgan fingerprint density at radius 2 is 1.57 bits per heavy atom. The lowest BCUT2D eigenvalue weighted by Gasteiger charge is -2.28. The highest BCUT2D eigenvalue weighted by molar-refractivity contribution is 5.68. The van der Waals surface area contributed by atoms with E-state index >= 15 is 0 Å². The van der Waals surface area contributed by atoms with Gasteiger partial charge in [-0.05, 0) is 59.3 Å². The second-order valence-corrected chi connectivity index (χ2v) is 9.71. The van der Waals surface area contributed by atoms with Gasteiger partial charge in [0.25, 0.3) is 0 Å². The summed E-state index contributed by atoms with van der Waals surface area (Å²) >= 11 is 0. The zero-order valence-corrected chi connectivity index (χ0v) is 20.2. The van der Waals surface area contributed by atoms with Gasteiger partial charge < -0.3 is 9.47 Å². The number of ether oxygens (including phenoxy) is 2. The number of unbranched alkanes of at least 4 members (excludes halogenated alkanes) is 8. The molecule has 1 heterocycles. The summed E-state index contributed by atoms with van der Waals surface area (Å²) in [5.74, 6) is -0.305. The summed E-state index contributed by atoms with van der Waals surface area (Å²) < 4.78 is 12.0. The molecule has 0 aromatic heterocycles. The summed E-state index contributed by atoms with van der Waals surface area (Å²) in [6.07, 6.45) is 18.3. The fourth-order valence-corrected chi connectivity index (χ4v) is 3.68. The zero-order valence-electron chi connectivity index (χ0n) is 20.2. The Morgan fingerprint density at radius 1 is 0.933 bits per heavy atom. The fraction of sp³-hybridized carbons (Fsp3) is 0.960. The predicted octanol–water partition coefficient (Wildman–Crippen LogP) is 7.26. The summed E-state index contributed by atoms with van der Waals surface area (Å²) in [6.45, 7) is 8.64. The Balaban J connectivity index is 2.22. The van der Waals surface area contributed by atoms with Crippen molar-refractivity contribution in [1.82, 2.24) is 0 Å². The SMILES string of the molecule is CCCCCCCCCCCC(CCCC(=O)OOC(C)(C)C)O[C@@H]1CCCCO1. The van der Waals surface area contributed by atoms with Crippen molar-refractivity contribution in [3.8, 4) is 0 Å². The van der Waals surface area contributed by atoms with E-state index in [9.17, 15) is 4.79 Å². The number of hydrogen-bond donors (Lipinski definition) is 0. The monoisotopic (exact) mass is 428 g/mol. The second kappa shape index (κ2) is 17.0. The van der Waals surface area contributed by atoms with Crippen LogP contribution in [0.15, 0.2) is 0 Å². The third-order valence-corrected chi connectivity index (χ3v) is 5.40. The molecular formula is C25H48O5. The first-order chi connectivity index (χ1) is 14.4. The van der Waals surface area contributed by atoms with E-state index in [0.29, 0.717) is 6.42 Å². The van der Waals surface area contributed by atoms with Gasteiger partial charge in [0.2, 0.25) is 0 Å². The Bertz CT molecular complexity index is 412. The average molecular weight is 429 g/mol. The van der Waals surface area contributed by atoms with Crippen LogP contribution in [0, 0.1) is 0 Å². The number of carbonyl (C=O) groups excluding carboxylic acids is 1. The van der Waals surface area contributed by atoms with Crippen LogP contribution in [0.4, 0.5) is 0 Å². The highest BCUT2D eigenvalue weighted by Crippen LogP contribution is 2.22. The topological polar surface area (TPSA) is 54.0 Å². The van der Waals surface area contributed by atoms with Crippen molar-refractivity contribution < 1.29 is 24.0 Å². The van der Waals surface area contributed by atoms with E-state index in [4.69, 9.17) is 19.2 Å². The van der Waals surface area contributed by atoms with Gasteiger partial charge in [-0.1, -0.05) is 64.7 Å². The van der Waals surface area contributed by atoms with E-state index in [2.05, 4.69) is 6.92 Å². The molecule has 0 aromatic carbocycles. The summed E-state index contributed by atoms with van der Waals surface area (Å²) in [6, 6.07) is 0. The lowest BCUT2D eigenvalue weighted by Crippen LogP contribution is -2.28. The van der Waals surface area contributed by atoms with E-state index in [-0.39, 0.29) is 18.4 Å². The van der Waals surface area contributed by atoms with Gasteiger partial charge in [0.1, 0.15) is 5.60 Å². The largest absolute Gasteiger partial charge is 0.353 e. The Morgan fingerprint density at radius 3 is 2.17 bits per heavy atom. The van der Waals surface area contributed by atoms with Crippen LogP contribution >= 0.6 is 0 Å². The van der Waals surface area contributed by atoms with Crippen molar-refractivity contribution in [2.24, 2.45) is 0 Å². The molecule has 0 bridgehead atoms. The van der Waals surface area contributed by atoms with Crippen LogP contribution in [-0.4, -0.2) is 30.6 Å². The van der Waals surface area contributed by atoms with E-state index in [1.807, 2.05) is 20.8 Å². The molecule has 0 N–H and O–H groups in total. The highest BCUT2D eigenvalue weighted by atomic mass is 17.2. The summed E-state index contributed by atoms with van der Waals surface area (Å²) in [7, 11) is 0. The van der Waals surface area contributed by atoms with Gasteiger partial charge >= 0.3 is 5.97 Å². The molecule has 5 nitrogen and oxygen atoms in total. The van der Waals surface area contributed by atoms with Crippen LogP contribution in [0.3, 0.4) is 0 Å². The normalized spacial score (nSPS) is 18.3. The maximum Gasteiger partial charge on any atom is 0.342 e. The van der Waals surface area contributed by atoms with Crippen LogP contribution in [-0.2, 0) is 24.0 Å². The molecule has 0 radical (unpaired) electrons. The smallest absolute Gasteiger partial charge is 0.342 e. The molecule has 5 heteroatoms. The Labute approximate surface area is 185 Å². The average Bonchev–Trinajstić information content (AvgIpc) is 2.71. The van der Waals surface area contributed by atoms with Crippen molar-refractivity contribution in [2.75, 3.05) is 6.61 Å². The van der Waals surface area contributed by atoms with Crippen LogP contribution in [0.25, 0.3) is 0 Å². The van der Waals surface area contributed by atoms with Crippen molar-refractivity contribution in [2.45, 2.75) is 148 Å². The van der Waals surface area contributed by atoms with Crippen molar-refractivity contribution in [1.29, 1.82) is 0 Å². The maximum absolute atomic E-state index is 11.9. The van der Waals surface area contributed by atoms with E-state index < -0.39 is 5.60 Å². The minimum atomic E-state index is -0.477. The molecule has 0 amide bonds. The third-order valence-electron chi connectivity index (χ3n) is 5.40. The molecule has 0 aliphatic carbocycles. The molecule has 2 atom stereocenters. The van der Waals surface area contributed by atoms with Gasteiger partial charge in [-0.25, -0.2) is 4.79 Å². The predicted molar refractivity (Wildman–Crippen MR) is 121 cm³/mol. The van der Waals surface area contributed by atoms with Gasteiger partial charge in [0, 0.05) is 13.0 Å². The third kappa shape index (κ3) is 16.1. The molecule has 1 aliphatic heterocycles. The number of hydrogen-bond acceptors (Lipinski definition) is 5. The van der Waals surface area contributed by atoms with Crippen LogP contribution in [0.5, 0.6) is 0 Å². The molecular weight excluding hydrogens is 380 g/mol. The molecule has 0 saturated carbocycles. The summed E-state index contributed by atoms with van der Waals surface area (Å²) in [4.78, 5) is 21.9. The minimum Gasteiger partial charge on any atom is -0.353 e. The first-order valence-corrected chi connectivity index (χ1v) is 12.6. The molecule has 1 unspecified atom stereocenters. The zero-order chi connectivity index (χ0) is 22.1. The molecule has 0 aromatic rings. The van der Waals surface area contributed by atoms with Gasteiger partial charge in [-0.3, -0.25) is 4.89 Å². The first kappa shape index (κ1) is 27.4. The molecule has 178 valence electrons. The molecule has 1 rings (SSSR count). The van der Waals surface area contributed by atoms with E-state index in [0.717, 1.165) is 38.7 Å².